The van der Waals surface area contributed by atoms with Crippen LogP contribution in [0.5, 0.6) is 11.5 Å². The average molecular weight is 592 g/mol. The molecule has 3 aromatic carbocycles. The molecule has 0 saturated carbocycles. The minimum Gasteiger partial charge on any atom is -0.507 e. The molecule has 1 aromatic heterocycles. The Morgan fingerprint density at radius 3 is 2.41 bits per heavy atom. The van der Waals surface area contributed by atoms with E-state index in [1.807, 2.05) is 13.8 Å². The number of anilines is 1. The SMILES string of the molecule is CCOc1ccc(C2C(=C(O)c3ccccc3)C(=O)C(=O)N2c2nnc(SCc3ccccc3F)s2)cc1OCC. The van der Waals surface area contributed by atoms with Crippen molar-refractivity contribution in [1.29, 1.82) is 0 Å². The topological polar surface area (TPSA) is 102 Å². The molecule has 4 aromatic rings. The van der Waals surface area contributed by atoms with Crippen LogP contribution in [0.25, 0.3) is 5.76 Å². The fraction of sp³-hybridized carbons (Fsp3) is 0.200. The number of carbonyl (C=O) groups is 2. The van der Waals surface area contributed by atoms with E-state index in [-0.39, 0.29) is 22.3 Å². The maximum Gasteiger partial charge on any atom is 0.301 e. The van der Waals surface area contributed by atoms with Crippen LogP contribution in [-0.4, -0.2) is 40.2 Å². The van der Waals surface area contributed by atoms with Gasteiger partial charge in [-0.2, -0.15) is 0 Å². The molecule has 1 N–H and O–H groups in total. The highest BCUT2D eigenvalue weighted by Gasteiger charge is 2.48. The van der Waals surface area contributed by atoms with E-state index in [1.54, 1.807) is 66.7 Å². The monoisotopic (exact) mass is 591 g/mol. The maximum absolute atomic E-state index is 14.1. The molecule has 0 spiro atoms. The molecule has 1 aliphatic heterocycles. The van der Waals surface area contributed by atoms with Gasteiger partial charge >= 0.3 is 5.91 Å². The van der Waals surface area contributed by atoms with Crippen LogP contribution in [0.2, 0.25) is 0 Å². The van der Waals surface area contributed by atoms with E-state index in [0.717, 1.165) is 11.3 Å². The number of carbonyl (C=O) groups excluding carboxylic acids is 2. The molecule has 5 rings (SSSR count). The van der Waals surface area contributed by atoms with Crippen molar-refractivity contribution < 1.29 is 28.6 Å². The summed E-state index contributed by atoms with van der Waals surface area (Å²) in [6, 6.07) is 19.1. The van der Waals surface area contributed by atoms with Gasteiger partial charge in [0.15, 0.2) is 15.8 Å². The molecule has 2 heterocycles. The molecule has 11 heteroatoms. The number of aliphatic hydroxyl groups is 1. The second kappa shape index (κ2) is 12.5. The van der Waals surface area contributed by atoms with Crippen LogP contribution in [0.3, 0.4) is 0 Å². The van der Waals surface area contributed by atoms with Gasteiger partial charge in [0, 0.05) is 11.3 Å². The predicted molar refractivity (Wildman–Crippen MR) is 156 cm³/mol. The van der Waals surface area contributed by atoms with E-state index in [4.69, 9.17) is 9.47 Å². The van der Waals surface area contributed by atoms with Crippen molar-refractivity contribution in [3.8, 4) is 11.5 Å². The Labute approximate surface area is 244 Å². The highest BCUT2D eigenvalue weighted by atomic mass is 32.2. The van der Waals surface area contributed by atoms with Crippen molar-refractivity contribution in [2.75, 3.05) is 18.1 Å². The Morgan fingerprint density at radius 1 is 0.976 bits per heavy atom. The molecule has 1 saturated heterocycles. The Balaban J connectivity index is 1.58. The largest absolute Gasteiger partial charge is 0.507 e. The lowest BCUT2D eigenvalue weighted by Crippen LogP contribution is -2.29. The van der Waals surface area contributed by atoms with Crippen molar-refractivity contribution in [2.24, 2.45) is 0 Å². The molecule has 1 fully saturated rings. The van der Waals surface area contributed by atoms with E-state index in [0.29, 0.717) is 51.5 Å². The number of benzene rings is 3. The normalized spacial score (nSPS) is 16.3. The number of Topliss-reactive ketones (excluding diaryl/α,β-unsaturated/α-hetero) is 1. The van der Waals surface area contributed by atoms with E-state index < -0.39 is 17.7 Å². The standard InChI is InChI=1S/C30H26FN3O5S2/c1-3-38-22-15-14-19(16-23(22)39-4-2)25-24(26(35)18-10-6-5-7-11-18)27(36)28(37)34(25)29-32-33-30(41-29)40-17-20-12-8-9-13-21(20)31/h5-16,25,35H,3-4,17H2,1-2H3. The first-order valence-electron chi connectivity index (χ1n) is 12.9. The van der Waals surface area contributed by atoms with Crippen LogP contribution in [0, 0.1) is 5.82 Å². The molecule has 1 amide bonds. The number of amides is 1. The van der Waals surface area contributed by atoms with Crippen LogP contribution < -0.4 is 14.4 Å². The van der Waals surface area contributed by atoms with Crippen molar-refractivity contribution in [2.45, 2.75) is 30.0 Å². The summed E-state index contributed by atoms with van der Waals surface area (Å²) in [7, 11) is 0. The Hall–Kier alpha value is -4.22. The first-order chi connectivity index (χ1) is 19.9. The van der Waals surface area contributed by atoms with Gasteiger partial charge in [-0.15, -0.1) is 10.2 Å². The molecule has 1 unspecified atom stereocenters. The number of hydrogen-bond acceptors (Lipinski definition) is 9. The molecule has 210 valence electrons. The lowest BCUT2D eigenvalue weighted by atomic mass is 9.95. The number of ketones is 1. The van der Waals surface area contributed by atoms with Gasteiger partial charge in [-0.05, 0) is 43.2 Å². The van der Waals surface area contributed by atoms with Crippen molar-refractivity contribution in [3.63, 3.8) is 0 Å². The number of hydrogen-bond donors (Lipinski definition) is 1. The number of aliphatic hydroxyl groups excluding tert-OH is 1. The van der Waals surface area contributed by atoms with E-state index in [2.05, 4.69) is 10.2 Å². The molecule has 0 radical (unpaired) electrons. The van der Waals surface area contributed by atoms with Gasteiger partial charge in [-0.25, -0.2) is 4.39 Å². The van der Waals surface area contributed by atoms with E-state index >= 15 is 0 Å². The second-order valence-corrected chi connectivity index (χ2v) is 11.0. The Morgan fingerprint density at radius 2 is 1.68 bits per heavy atom. The summed E-state index contributed by atoms with van der Waals surface area (Å²) in [5.74, 6) is -1.05. The van der Waals surface area contributed by atoms with Crippen LogP contribution in [0.15, 0.2) is 82.7 Å². The number of rotatable bonds is 10. The van der Waals surface area contributed by atoms with Gasteiger partial charge in [0.05, 0.1) is 24.8 Å². The summed E-state index contributed by atoms with van der Waals surface area (Å²) >= 11 is 2.38. The number of halogens is 1. The lowest BCUT2D eigenvalue weighted by Gasteiger charge is -2.23. The number of nitrogens with zero attached hydrogens (tertiary/aromatic N) is 3. The minimum absolute atomic E-state index is 0.0800. The number of thioether (sulfide) groups is 1. The molecule has 41 heavy (non-hydrogen) atoms. The van der Waals surface area contributed by atoms with Crippen LogP contribution in [0.4, 0.5) is 9.52 Å². The van der Waals surface area contributed by atoms with Crippen molar-refractivity contribution >= 4 is 45.7 Å². The van der Waals surface area contributed by atoms with Gasteiger partial charge in [0.2, 0.25) is 5.13 Å². The Bertz CT molecular complexity index is 1610. The molecule has 0 aliphatic carbocycles. The summed E-state index contributed by atoms with van der Waals surface area (Å²) in [6.45, 7) is 4.48. The average Bonchev–Trinajstić information content (AvgIpc) is 3.55. The second-order valence-electron chi connectivity index (χ2n) is 8.84. The third-order valence-corrected chi connectivity index (χ3v) is 8.39. The summed E-state index contributed by atoms with van der Waals surface area (Å²) in [5, 5.41) is 19.9. The fourth-order valence-electron chi connectivity index (χ4n) is 4.45. The number of aromatic nitrogens is 2. The molecule has 1 aliphatic rings. The van der Waals surface area contributed by atoms with Crippen LogP contribution in [0.1, 0.15) is 36.6 Å². The summed E-state index contributed by atoms with van der Waals surface area (Å²) in [4.78, 5) is 28.2. The highest BCUT2D eigenvalue weighted by Crippen LogP contribution is 2.45. The minimum atomic E-state index is -1.01. The maximum atomic E-state index is 14.1. The first-order valence-corrected chi connectivity index (χ1v) is 14.7. The zero-order valence-corrected chi connectivity index (χ0v) is 23.9. The predicted octanol–water partition coefficient (Wildman–Crippen LogP) is 6.39. The lowest BCUT2D eigenvalue weighted by molar-refractivity contribution is -0.132. The van der Waals surface area contributed by atoms with Crippen molar-refractivity contribution in [1.82, 2.24) is 10.2 Å². The molecule has 8 nitrogen and oxygen atoms in total. The zero-order valence-electron chi connectivity index (χ0n) is 22.2. The highest BCUT2D eigenvalue weighted by molar-refractivity contribution is 8.00. The fourth-order valence-corrected chi connectivity index (χ4v) is 6.30. The number of ether oxygens (including phenoxy) is 2. The van der Waals surface area contributed by atoms with Crippen molar-refractivity contribution in [3.05, 3.63) is 101 Å². The van der Waals surface area contributed by atoms with Crippen LogP contribution >= 0.6 is 23.1 Å². The quantitative estimate of drug-likeness (QED) is 0.0744. The molecular weight excluding hydrogens is 565 g/mol. The molecular formula is C30H26FN3O5S2. The molecule has 1 atom stereocenters. The van der Waals surface area contributed by atoms with Gasteiger partial charge in [0.1, 0.15) is 11.6 Å². The van der Waals surface area contributed by atoms with Gasteiger partial charge < -0.3 is 14.6 Å². The third kappa shape index (κ3) is 5.82. The summed E-state index contributed by atoms with van der Waals surface area (Å²) in [6.07, 6.45) is 0. The van der Waals surface area contributed by atoms with Crippen LogP contribution in [-0.2, 0) is 15.3 Å². The summed E-state index contributed by atoms with van der Waals surface area (Å²) in [5.41, 5.74) is 1.34. The van der Waals surface area contributed by atoms with Gasteiger partial charge in [-0.3, -0.25) is 14.5 Å². The van der Waals surface area contributed by atoms with E-state index in [9.17, 15) is 19.1 Å². The third-order valence-electron chi connectivity index (χ3n) is 6.29. The smallest absolute Gasteiger partial charge is 0.301 e. The zero-order chi connectivity index (χ0) is 28.9. The van der Waals surface area contributed by atoms with E-state index in [1.165, 1.54) is 22.7 Å². The molecule has 0 bridgehead atoms. The van der Waals surface area contributed by atoms with Gasteiger partial charge in [-0.1, -0.05) is 77.7 Å². The first kappa shape index (κ1) is 28.3. The van der Waals surface area contributed by atoms with Gasteiger partial charge in [0.25, 0.3) is 5.78 Å². The summed E-state index contributed by atoms with van der Waals surface area (Å²) < 4.78 is 26.1. The Kier molecular flexibility index (Phi) is 8.65.